The van der Waals surface area contributed by atoms with Crippen LogP contribution in [-0.2, 0) is 0 Å². The van der Waals surface area contributed by atoms with Gasteiger partial charge in [-0.15, -0.1) is 0 Å². The van der Waals surface area contributed by atoms with E-state index >= 15 is 0 Å². The number of hydrogen-bond donors (Lipinski definition) is 1. The molecule has 0 aromatic carbocycles. The average Bonchev–Trinajstić information content (AvgIpc) is 3.20. The molecule has 0 aliphatic heterocycles. The van der Waals surface area contributed by atoms with Crippen molar-refractivity contribution in [3.8, 4) is 0 Å². The van der Waals surface area contributed by atoms with Gasteiger partial charge in [0.2, 0.25) is 0 Å². The molecule has 1 N–H and O–H groups in total. The molecule has 0 aliphatic rings. The maximum Gasteiger partial charge on any atom is 0.256 e. The molecule has 0 fully saturated rings. The van der Waals surface area contributed by atoms with Crippen molar-refractivity contribution in [3.63, 3.8) is 0 Å². The number of amides is 1. The van der Waals surface area contributed by atoms with Gasteiger partial charge in [0, 0.05) is 12.5 Å². The molecule has 1 amide bonds. The summed E-state index contributed by atoms with van der Waals surface area (Å²) in [7, 11) is 0. The van der Waals surface area contributed by atoms with Crippen LogP contribution >= 0.6 is 0 Å². The number of nitrogens with zero attached hydrogens (tertiary/aromatic N) is 2. The Morgan fingerprint density at radius 1 is 1.33 bits per heavy atom. The molecule has 2 aromatic heterocycles. The third-order valence-electron chi connectivity index (χ3n) is 4.22. The van der Waals surface area contributed by atoms with Crippen LogP contribution in [0.2, 0.25) is 0 Å². The van der Waals surface area contributed by atoms with Gasteiger partial charge in [-0.25, -0.2) is 0 Å². The molecule has 2 rings (SSSR count). The first-order valence-electron chi connectivity index (χ1n) is 8.51. The van der Waals surface area contributed by atoms with Crippen LogP contribution < -0.4 is 5.32 Å². The van der Waals surface area contributed by atoms with Crippen molar-refractivity contribution >= 4 is 5.91 Å². The predicted molar refractivity (Wildman–Crippen MR) is 92.0 cm³/mol. The Morgan fingerprint density at radius 3 is 2.58 bits per heavy atom. The highest BCUT2D eigenvalue weighted by Gasteiger charge is 2.25. The van der Waals surface area contributed by atoms with Gasteiger partial charge in [0.05, 0.1) is 18.0 Å². The minimum Gasteiger partial charge on any atom is -0.468 e. The Labute approximate surface area is 143 Å². The van der Waals surface area contributed by atoms with Gasteiger partial charge in [0.1, 0.15) is 11.3 Å². The molecule has 132 valence electrons. The molecule has 2 heterocycles. The van der Waals surface area contributed by atoms with Gasteiger partial charge < -0.3 is 14.3 Å². The molecule has 0 radical (unpaired) electrons. The standard InChI is InChI=1S/C18H27N3O3/c1-6-21(7-2)14(15-9-8-10-23-15)11-19-18(22)16-13(5)20-24-17(16)12(3)4/h8-10,12,14H,6-7,11H2,1-5H3,(H,19,22)/t14-/m0/s1. The highest BCUT2D eigenvalue weighted by Crippen LogP contribution is 2.23. The van der Waals surface area contributed by atoms with Crippen molar-refractivity contribution in [1.29, 1.82) is 0 Å². The van der Waals surface area contributed by atoms with E-state index in [-0.39, 0.29) is 17.9 Å². The van der Waals surface area contributed by atoms with Crippen LogP contribution in [0.25, 0.3) is 0 Å². The number of carbonyl (C=O) groups is 1. The molecule has 6 heteroatoms. The Balaban J connectivity index is 2.15. The third kappa shape index (κ3) is 3.87. The second-order valence-electron chi connectivity index (χ2n) is 6.12. The fraction of sp³-hybridized carbons (Fsp3) is 0.556. The quantitative estimate of drug-likeness (QED) is 0.800. The van der Waals surface area contributed by atoms with E-state index in [1.54, 1.807) is 13.2 Å². The van der Waals surface area contributed by atoms with Crippen molar-refractivity contribution in [2.75, 3.05) is 19.6 Å². The van der Waals surface area contributed by atoms with E-state index in [1.807, 2.05) is 26.0 Å². The van der Waals surface area contributed by atoms with Gasteiger partial charge >= 0.3 is 0 Å². The van der Waals surface area contributed by atoms with Crippen LogP contribution in [0.5, 0.6) is 0 Å². The summed E-state index contributed by atoms with van der Waals surface area (Å²) in [5, 5.41) is 6.96. The molecule has 0 saturated carbocycles. The van der Waals surface area contributed by atoms with E-state index in [4.69, 9.17) is 8.94 Å². The molecule has 0 bridgehead atoms. The van der Waals surface area contributed by atoms with Crippen molar-refractivity contribution in [1.82, 2.24) is 15.4 Å². The summed E-state index contributed by atoms with van der Waals surface area (Å²) in [6, 6.07) is 3.82. The molecule has 0 aliphatic carbocycles. The second kappa shape index (κ2) is 8.15. The second-order valence-corrected chi connectivity index (χ2v) is 6.12. The van der Waals surface area contributed by atoms with Crippen molar-refractivity contribution in [2.24, 2.45) is 0 Å². The summed E-state index contributed by atoms with van der Waals surface area (Å²) in [4.78, 5) is 14.9. The normalized spacial score (nSPS) is 12.8. The van der Waals surface area contributed by atoms with Gasteiger partial charge in [0.25, 0.3) is 5.91 Å². The average molecular weight is 333 g/mol. The summed E-state index contributed by atoms with van der Waals surface area (Å²) in [6.07, 6.45) is 1.66. The minimum atomic E-state index is -0.152. The summed E-state index contributed by atoms with van der Waals surface area (Å²) < 4.78 is 10.9. The summed E-state index contributed by atoms with van der Waals surface area (Å²) in [5.41, 5.74) is 1.16. The maximum atomic E-state index is 12.7. The molecule has 0 spiro atoms. The lowest BCUT2D eigenvalue weighted by atomic mass is 10.0. The summed E-state index contributed by atoms with van der Waals surface area (Å²) in [6.45, 7) is 12.2. The monoisotopic (exact) mass is 333 g/mol. The SMILES string of the molecule is CCN(CC)[C@@H](CNC(=O)c1c(C)noc1C(C)C)c1ccco1. The lowest BCUT2D eigenvalue weighted by Gasteiger charge is -2.28. The molecular formula is C18H27N3O3. The van der Waals surface area contributed by atoms with Crippen LogP contribution in [0.3, 0.4) is 0 Å². The number of aromatic nitrogens is 1. The summed E-state index contributed by atoms with van der Waals surface area (Å²) >= 11 is 0. The van der Waals surface area contributed by atoms with Crippen LogP contribution in [0.1, 0.15) is 67.2 Å². The Kier molecular flexibility index (Phi) is 6.20. The highest BCUT2D eigenvalue weighted by atomic mass is 16.5. The largest absolute Gasteiger partial charge is 0.468 e. The zero-order valence-electron chi connectivity index (χ0n) is 15.1. The zero-order chi connectivity index (χ0) is 17.7. The van der Waals surface area contributed by atoms with Gasteiger partial charge in [-0.2, -0.15) is 0 Å². The van der Waals surface area contributed by atoms with Gasteiger partial charge in [-0.05, 0) is 32.1 Å². The molecular weight excluding hydrogens is 306 g/mol. The number of nitrogens with one attached hydrogen (secondary N) is 1. The zero-order valence-corrected chi connectivity index (χ0v) is 15.1. The van der Waals surface area contributed by atoms with Crippen LogP contribution in [0, 0.1) is 6.92 Å². The van der Waals surface area contributed by atoms with E-state index in [9.17, 15) is 4.79 Å². The molecule has 1 atom stereocenters. The molecule has 0 unspecified atom stereocenters. The van der Waals surface area contributed by atoms with Gasteiger partial charge in [-0.3, -0.25) is 9.69 Å². The number of hydrogen-bond acceptors (Lipinski definition) is 5. The van der Waals surface area contributed by atoms with Crippen molar-refractivity contribution in [2.45, 2.75) is 46.6 Å². The Morgan fingerprint density at radius 2 is 2.04 bits per heavy atom. The van der Waals surface area contributed by atoms with Gasteiger partial charge in [-0.1, -0.05) is 32.9 Å². The first-order chi connectivity index (χ1) is 11.5. The van der Waals surface area contributed by atoms with Crippen molar-refractivity contribution < 1.29 is 13.7 Å². The van der Waals surface area contributed by atoms with Crippen LogP contribution in [0.4, 0.5) is 0 Å². The van der Waals surface area contributed by atoms with Crippen LogP contribution in [-0.4, -0.2) is 35.6 Å². The van der Waals surface area contributed by atoms with Crippen molar-refractivity contribution in [3.05, 3.63) is 41.2 Å². The Hall–Kier alpha value is -2.08. The van der Waals surface area contributed by atoms with E-state index in [2.05, 4.69) is 29.2 Å². The lowest BCUT2D eigenvalue weighted by molar-refractivity contribution is 0.0926. The number of likely N-dealkylation sites (N-methyl/N-ethyl adjacent to an activating group) is 1. The smallest absolute Gasteiger partial charge is 0.256 e. The van der Waals surface area contributed by atoms with E-state index in [0.29, 0.717) is 23.6 Å². The predicted octanol–water partition coefficient (Wildman–Crippen LogP) is 3.51. The maximum absolute atomic E-state index is 12.7. The molecule has 6 nitrogen and oxygen atoms in total. The minimum absolute atomic E-state index is 0.00150. The number of carbonyl (C=O) groups excluding carboxylic acids is 1. The molecule has 24 heavy (non-hydrogen) atoms. The first kappa shape index (κ1) is 18.3. The van der Waals surface area contributed by atoms with E-state index < -0.39 is 0 Å². The fourth-order valence-electron chi connectivity index (χ4n) is 2.89. The third-order valence-corrected chi connectivity index (χ3v) is 4.22. The van der Waals surface area contributed by atoms with Crippen LogP contribution in [0.15, 0.2) is 27.3 Å². The number of aryl methyl sites for hydroxylation is 1. The summed E-state index contributed by atoms with van der Waals surface area (Å²) in [5.74, 6) is 1.43. The number of furan rings is 1. The van der Waals surface area contributed by atoms with Gasteiger partial charge in [0.15, 0.2) is 5.76 Å². The first-order valence-corrected chi connectivity index (χ1v) is 8.51. The Bertz CT molecular complexity index is 643. The van der Waals surface area contributed by atoms with E-state index in [0.717, 1.165) is 18.8 Å². The van der Waals surface area contributed by atoms with E-state index in [1.165, 1.54) is 0 Å². The fourth-order valence-corrected chi connectivity index (χ4v) is 2.89. The number of rotatable bonds is 8. The lowest BCUT2D eigenvalue weighted by Crippen LogP contribution is -2.38. The highest BCUT2D eigenvalue weighted by molar-refractivity contribution is 5.96. The molecule has 2 aromatic rings. The topological polar surface area (TPSA) is 71.5 Å². The molecule has 0 saturated heterocycles.